The van der Waals surface area contributed by atoms with Crippen LogP contribution in [0.2, 0.25) is 0 Å². The van der Waals surface area contributed by atoms with E-state index in [1.165, 1.54) is 6.07 Å². The summed E-state index contributed by atoms with van der Waals surface area (Å²) in [5.41, 5.74) is -0.722. The number of nitrogens with one attached hydrogen (secondary N) is 2. The third-order valence-corrected chi connectivity index (χ3v) is 5.01. The summed E-state index contributed by atoms with van der Waals surface area (Å²) < 4.78 is 39.1. The number of hydrogen-bond acceptors (Lipinski definition) is 3. The van der Waals surface area contributed by atoms with E-state index in [-0.39, 0.29) is 12.3 Å². The normalized spacial score (nSPS) is 19.4. The van der Waals surface area contributed by atoms with Crippen LogP contribution in [0, 0.1) is 0 Å². The van der Waals surface area contributed by atoms with E-state index in [1.807, 2.05) is 4.90 Å². The molecule has 3 rings (SSSR count). The minimum absolute atomic E-state index is 0.140. The highest BCUT2D eigenvalue weighted by atomic mass is 19.4. The van der Waals surface area contributed by atoms with Crippen molar-refractivity contribution >= 4 is 17.4 Å². The van der Waals surface area contributed by atoms with Crippen molar-refractivity contribution < 1.29 is 23.1 Å². The number of alkyl halides is 3. The Labute approximate surface area is 144 Å². The first-order valence-electron chi connectivity index (χ1n) is 8.49. The second-order valence-corrected chi connectivity index (χ2v) is 6.79. The summed E-state index contributed by atoms with van der Waals surface area (Å²) in [5, 5.41) is 14.7. The Kier molecular flexibility index (Phi) is 4.81. The van der Waals surface area contributed by atoms with Gasteiger partial charge in [-0.15, -0.1) is 0 Å². The number of benzene rings is 1. The van der Waals surface area contributed by atoms with Crippen LogP contribution in [-0.4, -0.2) is 36.4 Å². The van der Waals surface area contributed by atoms with E-state index in [9.17, 15) is 23.1 Å². The van der Waals surface area contributed by atoms with Gasteiger partial charge in [0.05, 0.1) is 29.1 Å². The van der Waals surface area contributed by atoms with E-state index in [0.717, 1.165) is 44.5 Å². The molecule has 1 saturated carbocycles. The number of urea groups is 1. The quantitative estimate of drug-likeness (QED) is 0.774. The average molecular weight is 357 g/mol. The Morgan fingerprint density at radius 3 is 2.40 bits per heavy atom. The highest BCUT2D eigenvalue weighted by molar-refractivity contribution is 5.94. The number of amides is 2. The molecule has 0 aromatic heterocycles. The molecular formula is C17H22F3N3O2. The van der Waals surface area contributed by atoms with E-state index in [4.69, 9.17) is 0 Å². The number of rotatable bonds is 4. The molecule has 1 aliphatic heterocycles. The van der Waals surface area contributed by atoms with Gasteiger partial charge in [-0.1, -0.05) is 0 Å². The minimum atomic E-state index is -4.48. The fourth-order valence-electron chi connectivity index (χ4n) is 3.37. The first-order chi connectivity index (χ1) is 11.8. The lowest BCUT2D eigenvalue weighted by atomic mass is 9.77. The van der Waals surface area contributed by atoms with Gasteiger partial charge in [0, 0.05) is 13.1 Å². The van der Waals surface area contributed by atoms with Crippen molar-refractivity contribution in [3.05, 3.63) is 23.8 Å². The highest BCUT2D eigenvalue weighted by Gasteiger charge is 2.38. The van der Waals surface area contributed by atoms with Crippen molar-refractivity contribution in [2.45, 2.75) is 43.8 Å². The number of anilines is 2. The van der Waals surface area contributed by atoms with Gasteiger partial charge in [-0.05, 0) is 50.3 Å². The van der Waals surface area contributed by atoms with Crippen LogP contribution in [0.15, 0.2) is 18.2 Å². The number of hydrogen-bond donors (Lipinski definition) is 3. The van der Waals surface area contributed by atoms with Crippen molar-refractivity contribution in [2.75, 3.05) is 29.9 Å². The average Bonchev–Trinajstić information content (AvgIpc) is 3.04. The zero-order valence-corrected chi connectivity index (χ0v) is 13.8. The summed E-state index contributed by atoms with van der Waals surface area (Å²) >= 11 is 0. The minimum Gasteiger partial charge on any atom is -0.394 e. The Hall–Kier alpha value is -1.96. The van der Waals surface area contributed by atoms with Crippen LogP contribution < -0.4 is 15.5 Å². The molecule has 1 aromatic carbocycles. The second-order valence-electron chi connectivity index (χ2n) is 6.79. The number of carbonyl (C=O) groups is 1. The van der Waals surface area contributed by atoms with Crippen LogP contribution in [0.1, 0.15) is 37.7 Å². The Morgan fingerprint density at radius 1 is 1.20 bits per heavy atom. The van der Waals surface area contributed by atoms with Crippen LogP contribution in [0.25, 0.3) is 0 Å². The molecular weight excluding hydrogens is 335 g/mol. The van der Waals surface area contributed by atoms with Gasteiger partial charge in [-0.3, -0.25) is 0 Å². The largest absolute Gasteiger partial charge is 0.416 e. The fraction of sp³-hybridized carbons (Fsp3) is 0.588. The maximum Gasteiger partial charge on any atom is 0.416 e. The standard InChI is InChI=1S/C17H22F3N3O2/c18-17(19,20)12-4-5-14(23-8-1-2-9-23)13(10-12)21-15(25)22-16(11-24)6-3-7-16/h4-5,10,24H,1-3,6-9,11H2,(H2,21,22,25). The summed E-state index contributed by atoms with van der Waals surface area (Å²) in [6.07, 6.45) is -0.294. The molecule has 0 unspecified atom stereocenters. The van der Waals surface area contributed by atoms with Crippen molar-refractivity contribution in [2.24, 2.45) is 0 Å². The predicted octanol–water partition coefficient (Wildman–Crippen LogP) is 3.34. The lowest BCUT2D eigenvalue weighted by molar-refractivity contribution is -0.137. The van der Waals surface area contributed by atoms with Crippen molar-refractivity contribution in [1.82, 2.24) is 5.32 Å². The van der Waals surface area contributed by atoms with Gasteiger partial charge in [0.25, 0.3) is 0 Å². The number of nitrogens with zero attached hydrogens (tertiary/aromatic N) is 1. The molecule has 3 N–H and O–H groups in total. The van der Waals surface area contributed by atoms with Gasteiger partial charge >= 0.3 is 12.2 Å². The molecule has 1 heterocycles. The molecule has 8 heteroatoms. The highest BCUT2D eigenvalue weighted by Crippen LogP contribution is 2.37. The second kappa shape index (κ2) is 6.74. The molecule has 5 nitrogen and oxygen atoms in total. The summed E-state index contributed by atoms with van der Waals surface area (Å²) in [6, 6.07) is 2.83. The zero-order valence-electron chi connectivity index (χ0n) is 13.8. The molecule has 138 valence electrons. The number of halogens is 3. The monoisotopic (exact) mass is 357 g/mol. The maximum atomic E-state index is 13.0. The lowest BCUT2D eigenvalue weighted by Crippen LogP contribution is -2.57. The van der Waals surface area contributed by atoms with Gasteiger partial charge in [-0.25, -0.2) is 4.79 Å². The number of aliphatic hydroxyl groups excluding tert-OH is 1. The molecule has 0 atom stereocenters. The Morgan fingerprint density at radius 2 is 1.88 bits per heavy atom. The van der Waals surface area contributed by atoms with Crippen LogP contribution >= 0.6 is 0 Å². The van der Waals surface area contributed by atoms with E-state index in [1.54, 1.807) is 0 Å². The van der Waals surface area contributed by atoms with Crippen molar-refractivity contribution in [1.29, 1.82) is 0 Å². The topological polar surface area (TPSA) is 64.6 Å². The molecule has 0 spiro atoms. The fourth-order valence-corrected chi connectivity index (χ4v) is 3.37. The third-order valence-electron chi connectivity index (χ3n) is 5.01. The van der Waals surface area contributed by atoms with E-state index in [2.05, 4.69) is 10.6 Å². The molecule has 0 radical (unpaired) electrons. The first-order valence-corrected chi connectivity index (χ1v) is 8.49. The first kappa shape index (κ1) is 17.8. The van der Waals surface area contributed by atoms with E-state index >= 15 is 0 Å². The van der Waals surface area contributed by atoms with Crippen LogP contribution in [-0.2, 0) is 6.18 Å². The number of aliphatic hydroxyl groups is 1. The summed E-state index contributed by atoms with van der Waals surface area (Å²) in [6.45, 7) is 1.33. The van der Waals surface area contributed by atoms with Gasteiger partial charge in [0.15, 0.2) is 0 Å². The predicted molar refractivity (Wildman–Crippen MR) is 88.7 cm³/mol. The molecule has 2 aliphatic rings. The number of carbonyl (C=O) groups excluding carboxylic acids is 1. The van der Waals surface area contributed by atoms with Crippen LogP contribution in [0.4, 0.5) is 29.3 Å². The third kappa shape index (κ3) is 3.84. The van der Waals surface area contributed by atoms with Crippen molar-refractivity contribution in [3.8, 4) is 0 Å². The molecule has 25 heavy (non-hydrogen) atoms. The molecule has 1 aliphatic carbocycles. The molecule has 2 amide bonds. The smallest absolute Gasteiger partial charge is 0.394 e. The van der Waals surface area contributed by atoms with Gasteiger partial charge in [0.2, 0.25) is 0 Å². The summed E-state index contributed by atoms with van der Waals surface area (Å²) in [4.78, 5) is 14.2. The van der Waals surface area contributed by atoms with Crippen LogP contribution in [0.3, 0.4) is 0 Å². The Balaban J connectivity index is 1.82. The lowest BCUT2D eigenvalue weighted by Gasteiger charge is -2.40. The van der Waals surface area contributed by atoms with Gasteiger partial charge in [-0.2, -0.15) is 13.2 Å². The molecule has 1 aromatic rings. The van der Waals surface area contributed by atoms with E-state index < -0.39 is 23.3 Å². The molecule has 2 fully saturated rings. The SMILES string of the molecule is O=C(Nc1cc(C(F)(F)F)ccc1N1CCCC1)NC1(CO)CCC1. The molecule has 0 bridgehead atoms. The summed E-state index contributed by atoms with van der Waals surface area (Å²) in [5.74, 6) is 0. The zero-order chi connectivity index (χ0) is 18.1. The van der Waals surface area contributed by atoms with Crippen LogP contribution in [0.5, 0.6) is 0 Å². The summed E-state index contributed by atoms with van der Waals surface area (Å²) in [7, 11) is 0. The van der Waals surface area contributed by atoms with Gasteiger partial charge in [0.1, 0.15) is 0 Å². The maximum absolute atomic E-state index is 13.0. The van der Waals surface area contributed by atoms with Gasteiger partial charge < -0.3 is 20.6 Å². The Bertz CT molecular complexity index is 633. The van der Waals surface area contributed by atoms with E-state index in [0.29, 0.717) is 18.5 Å². The van der Waals surface area contributed by atoms with Crippen molar-refractivity contribution in [3.63, 3.8) is 0 Å². The molecule has 1 saturated heterocycles.